The molecule has 0 radical (unpaired) electrons. The number of rotatable bonds is 1. The third-order valence-corrected chi connectivity index (χ3v) is 3.95. The largest absolute Gasteiger partial charge is 0.314 e. The Morgan fingerprint density at radius 3 is 2.92 bits per heavy atom. The van der Waals surface area contributed by atoms with Gasteiger partial charge >= 0.3 is 0 Å². The van der Waals surface area contributed by atoms with E-state index < -0.39 is 0 Å². The van der Waals surface area contributed by atoms with E-state index in [4.69, 9.17) is 0 Å². The van der Waals surface area contributed by atoms with Crippen LogP contribution in [-0.2, 0) is 0 Å². The first-order valence-electron chi connectivity index (χ1n) is 5.43. The Bertz CT molecular complexity index is 162. The van der Waals surface area contributed by atoms with E-state index in [1.165, 1.54) is 38.5 Å². The van der Waals surface area contributed by atoms with E-state index in [0.717, 1.165) is 11.8 Å². The Balaban J connectivity index is 2.10. The van der Waals surface area contributed by atoms with Crippen LogP contribution in [0.25, 0.3) is 0 Å². The van der Waals surface area contributed by atoms with E-state index >= 15 is 0 Å². The lowest BCUT2D eigenvalue weighted by Crippen LogP contribution is -2.51. The van der Waals surface area contributed by atoms with Gasteiger partial charge in [-0.3, -0.25) is 0 Å². The molecule has 0 heterocycles. The van der Waals surface area contributed by atoms with E-state index in [0.29, 0.717) is 5.54 Å². The summed E-state index contributed by atoms with van der Waals surface area (Å²) in [6.45, 7) is 2.42. The highest BCUT2D eigenvalue weighted by Gasteiger charge is 2.40. The van der Waals surface area contributed by atoms with Crippen LogP contribution in [-0.4, -0.2) is 12.6 Å². The predicted octanol–water partition coefficient (Wildman–Crippen LogP) is 2.56. The average Bonchev–Trinajstić information content (AvgIpc) is 2.03. The van der Waals surface area contributed by atoms with Gasteiger partial charge in [-0.15, -0.1) is 0 Å². The summed E-state index contributed by atoms with van der Waals surface area (Å²) in [6.07, 6.45) is 8.73. The van der Waals surface area contributed by atoms with Crippen molar-refractivity contribution >= 4 is 0 Å². The molecule has 2 bridgehead atoms. The summed E-state index contributed by atoms with van der Waals surface area (Å²) < 4.78 is 0. The van der Waals surface area contributed by atoms with Crippen LogP contribution >= 0.6 is 0 Å². The van der Waals surface area contributed by atoms with Crippen molar-refractivity contribution in [2.24, 2.45) is 11.8 Å². The summed E-state index contributed by atoms with van der Waals surface area (Å²) in [5, 5.41) is 3.58. The summed E-state index contributed by atoms with van der Waals surface area (Å²) in [7, 11) is 2.15. The second-order valence-corrected chi connectivity index (χ2v) is 5.04. The number of nitrogens with one attached hydrogen (secondary N) is 1. The zero-order chi connectivity index (χ0) is 8.60. The molecule has 0 spiro atoms. The lowest BCUT2D eigenvalue weighted by molar-refractivity contribution is 0.0907. The second kappa shape index (κ2) is 3.02. The van der Waals surface area contributed by atoms with Gasteiger partial charge in [0.15, 0.2) is 0 Å². The van der Waals surface area contributed by atoms with Crippen LogP contribution in [0.3, 0.4) is 0 Å². The molecule has 1 heteroatoms. The maximum atomic E-state index is 3.58. The number of fused-ring (bicyclic) bond motifs is 2. The summed E-state index contributed by atoms with van der Waals surface area (Å²) >= 11 is 0. The molecular formula is C11H21N. The average molecular weight is 167 g/mol. The van der Waals surface area contributed by atoms with Gasteiger partial charge in [0.1, 0.15) is 0 Å². The zero-order valence-electron chi connectivity index (χ0n) is 8.40. The van der Waals surface area contributed by atoms with Crippen molar-refractivity contribution < 1.29 is 0 Å². The third-order valence-electron chi connectivity index (χ3n) is 3.95. The van der Waals surface area contributed by atoms with Gasteiger partial charge in [-0.05, 0) is 44.6 Å². The van der Waals surface area contributed by atoms with Crippen LogP contribution in [0.5, 0.6) is 0 Å². The van der Waals surface area contributed by atoms with Crippen LogP contribution in [0.1, 0.15) is 45.4 Å². The van der Waals surface area contributed by atoms with E-state index in [2.05, 4.69) is 19.3 Å². The Hall–Kier alpha value is -0.0400. The molecule has 70 valence electrons. The highest BCUT2D eigenvalue weighted by Crippen LogP contribution is 2.44. The molecule has 2 rings (SSSR count). The van der Waals surface area contributed by atoms with E-state index in [-0.39, 0.29) is 0 Å². The topological polar surface area (TPSA) is 12.0 Å². The van der Waals surface area contributed by atoms with Gasteiger partial charge in [-0.25, -0.2) is 0 Å². The number of hydrogen-bond donors (Lipinski definition) is 1. The van der Waals surface area contributed by atoms with Crippen molar-refractivity contribution in [3.63, 3.8) is 0 Å². The molecule has 2 saturated carbocycles. The minimum atomic E-state index is 0.542. The van der Waals surface area contributed by atoms with Crippen molar-refractivity contribution in [2.45, 2.75) is 51.0 Å². The van der Waals surface area contributed by atoms with E-state index in [1.54, 1.807) is 0 Å². The maximum Gasteiger partial charge on any atom is 0.0183 e. The summed E-state index contributed by atoms with van der Waals surface area (Å²) in [5.41, 5.74) is 0.542. The fraction of sp³-hybridized carbons (Fsp3) is 1.00. The first kappa shape index (κ1) is 8.55. The third kappa shape index (κ3) is 1.39. The molecule has 2 aliphatic carbocycles. The fourth-order valence-electron chi connectivity index (χ4n) is 3.52. The summed E-state index contributed by atoms with van der Waals surface area (Å²) in [6, 6.07) is 0. The van der Waals surface area contributed by atoms with E-state index in [9.17, 15) is 0 Å². The highest BCUT2D eigenvalue weighted by molar-refractivity contribution is 4.97. The van der Waals surface area contributed by atoms with Gasteiger partial charge in [-0.1, -0.05) is 19.8 Å². The van der Waals surface area contributed by atoms with Gasteiger partial charge in [0.25, 0.3) is 0 Å². The lowest BCUT2D eigenvalue weighted by atomic mass is 9.64. The SMILES string of the molecule is CNC12CCCC(CC(C)C1)C2. The van der Waals surface area contributed by atoms with Gasteiger partial charge < -0.3 is 5.32 Å². The Morgan fingerprint density at radius 2 is 2.17 bits per heavy atom. The van der Waals surface area contributed by atoms with Crippen molar-refractivity contribution in [3.05, 3.63) is 0 Å². The van der Waals surface area contributed by atoms with Crippen molar-refractivity contribution in [1.29, 1.82) is 0 Å². The molecule has 0 aliphatic heterocycles. The molecule has 2 fully saturated rings. The van der Waals surface area contributed by atoms with Crippen LogP contribution in [0.15, 0.2) is 0 Å². The predicted molar refractivity (Wildman–Crippen MR) is 52.1 cm³/mol. The molecule has 0 amide bonds. The van der Waals surface area contributed by atoms with E-state index in [1.807, 2.05) is 0 Å². The highest BCUT2D eigenvalue weighted by atomic mass is 14.9. The molecule has 0 aromatic carbocycles. The maximum absolute atomic E-state index is 3.58. The quantitative estimate of drug-likeness (QED) is 0.633. The first-order chi connectivity index (χ1) is 5.74. The smallest absolute Gasteiger partial charge is 0.0183 e. The van der Waals surface area contributed by atoms with Gasteiger partial charge in [0, 0.05) is 5.54 Å². The Labute approximate surface area is 75.9 Å². The van der Waals surface area contributed by atoms with Crippen molar-refractivity contribution in [1.82, 2.24) is 5.32 Å². The normalized spacial score (nSPS) is 47.5. The molecule has 2 aliphatic rings. The standard InChI is InChI=1S/C11H21N/c1-9-6-10-4-3-5-11(7-9,8-10)12-2/h9-10,12H,3-8H2,1-2H3. The zero-order valence-corrected chi connectivity index (χ0v) is 8.40. The minimum absolute atomic E-state index is 0.542. The van der Waals surface area contributed by atoms with Crippen molar-refractivity contribution in [2.75, 3.05) is 7.05 Å². The molecule has 12 heavy (non-hydrogen) atoms. The molecule has 1 N–H and O–H groups in total. The molecular weight excluding hydrogens is 146 g/mol. The van der Waals surface area contributed by atoms with Gasteiger partial charge in [-0.2, -0.15) is 0 Å². The monoisotopic (exact) mass is 167 g/mol. The minimum Gasteiger partial charge on any atom is -0.314 e. The van der Waals surface area contributed by atoms with Crippen LogP contribution in [0.4, 0.5) is 0 Å². The fourth-order valence-corrected chi connectivity index (χ4v) is 3.52. The van der Waals surface area contributed by atoms with Crippen LogP contribution in [0.2, 0.25) is 0 Å². The molecule has 3 atom stereocenters. The Kier molecular flexibility index (Phi) is 2.16. The first-order valence-corrected chi connectivity index (χ1v) is 5.43. The van der Waals surface area contributed by atoms with Gasteiger partial charge in [0.2, 0.25) is 0 Å². The summed E-state index contributed by atoms with van der Waals surface area (Å²) in [4.78, 5) is 0. The summed E-state index contributed by atoms with van der Waals surface area (Å²) in [5.74, 6) is 1.99. The van der Waals surface area contributed by atoms with Crippen molar-refractivity contribution in [3.8, 4) is 0 Å². The lowest BCUT2D eigenvalue weighted by Gasteiger charge is -2.47. The Morgan fingerprint density at radius 1 is 1.33 bits per heavy atom. The molecule has 0 aromatic heterocycles. The molecule has 3 unspecified atom stereocenters. The van der Waals surface area contributed by atoms with Crippen LogP contribution < -0.4 is 5.32 Å². The van der Waals surface area contributed by atoms with Crippen LogP contribution in [0, 0.1) is 11.8 Å². The molecule has 1 nitrogen and oxygen atoms in total. The molecule has 0 saturated heterocycles. The van der Waals surface area contributed by atoms with Gasteiger partial charge in [0.05, 0.1) is 0 Å². The number of hydrogen-bond acceptors (Lipinski definition) is 1. The second-order valence-electron chi connectivity index (χ2n) is 5.04. The molecule has 0 aromatic rings.